The third kappa shape index (κ3) is 4.84. The summed E-state index contributed by atoms with van der Waals surface area (Å²) in [7, 11) is 4.58. The number of pyridine rings is 1. The second-order valence-corrected chi connectivity index (χ2v) is 10.4. The molecule has 2 nitrogen and oxygen atoms in total. The predicted molar refractivity (Wildman–Crippen MR) is 157 cm³/mol. The Bertz CT molecular complexity index is 1480. The van der Waals surface area contributed by atoms with Crippen molar-refractivity contribution in [3.05, 3.63) is 139 Å². The van der Waals surface area contributed by atoms with E-state index in [0.717, 1.165) is 11.4 Å². The van der Waals surface area contributed by atoms with Crippen LogP contribution in [0.3, 0.4) is 0 Å². The number of hydrogen-bond donors (Lipinski definition) is 1. The first kappa shape index (κ1) is 24.6. The zero-order valence-electron chi connectivity index (χ0n) is 22.3. The van der Waals surface area contributed by atoms with E-state index in [9.17, 15) is 0 Å². The molecule has 0 fully saturated rings. The van der Waals surface area contributed by atoms with Crippen LogP contribution in [0.15, 0.2) is 109 Å². The lowest BCUT2D eigenvalue weighted by Crippen LogP contribution is -2.38. The van der Waals surface area contributed by atoms with Gasteiger partial charge in [0.25, 0.3) is 0 Å². The molecule has 1 atom stereocenters. The second kappa shape index (κ2) is 10.5. The lowest BCUT2D eigenvalue weighted by atomic mass is 9.91. The summed E-state index contributed by atoms with van der Waals surface area (Å²) in [6.07, 6.45) is 0. The standard InChI is InChI=1S/C35H36N2/c1-24(2)28-19-12-20-29(25(3)4)35(28)36-34(27-15-7-6-8-16-27)33-23-13-22-32(37(33)5)31-21-11-17-26-14-9-10-18-30(26)31/h6-25,34,36H,5H2,1-4H3. The average molecular weight is 485 g/mol. The molecule has 0 aliphatic heterocycles. The van der Waals surface area contributed by atoms with E-state index in [1.54, 1.807) is 0 Å². The Morgan fingerprint density at radius 3 is 1.92 bits per heavy atom. The van der Waals surface area contributed by atoms with Gasteiger partial charge in [-0.15, -0.1) is 0 Å². The van der Waals surface area contributed by atoms with Gasteiger partial charge < -0.3 is 9.88 Å². The third-order valence-electron chi connectivity index (χ3n) is 7.28. The van der Waals surface area contributed by atoms with E-state index in [1.165, 1.54) is 38.7 Å². The Morgan fingerprint density at radius 2 is 1.22 bits per heavy atom. The van der Waals surface area contributed by atoms with Crippen molar-refractivity contribution in [1.82, 2.24) is 0 Å². The Morgan fingerprint density at radius 1 is 0.622 bits per heavy atom. The number of nitrogens with zero attached hydrogens (tertiary/aromatic N) is 1. The molecule has 0 aliphatic rings. The molecule has 4 aromatic carbocycles. The minimum Gasteiger partial charge on any atom is -0.379 e. The molecule has 0 amide bonds. The summed E-state index contributed by atoms with van der Waals surface area (Å²) in [5, 5.41) is 6.47. The molecule has 5 aromatic rings. The number of aromatic nitrogens is 1. The first-order valence-electron chi connectivity index (χ1n) is 13.2. The number of rotatable bonds is 7. The Labute approximate surface area is 221 Å². The van der Waals surface area contributed by atoms with Gasteiger partial charge in [-0.05, 0) is 50.9 Å². The van der Waals surface area contributed by atoms with E-state index in [0.29, 0.717) is 11.8 Å². The van der Waals surface area contributed by atoms with Crippen LogP contribution in [0.1, 0.15) is 68.0 Å². The van der Waals surface area contributed by atoms with Gasteiger partial charge in [0.2, 0.25) is 0 Å². The molecule has 0 saturated carbocycles. The average Bonchev–Trinajstić information content (AvgIpc) is 2.92. The van der Waals surface area contributed by atoms with Gasteiger partial charge in [0.15, 0.2) is 0 Å². The number of hydrogen-bond acceptors (Lipinski definition) is 1. The van der Waals surface area contributed by atoms with Gasteiger partial charge >= 0.3 is 0 Å². The summed E-state index contributed by atoms with van der Waals surface area (Å²) in [5.74, 6) is 0.818. The van der Waals surface area contributed by atoms with Crippen LogP contribution in [-0.4, -0.2) is 0 Å². The van der Waals surface area contributed by atoms with E-state index in [-0.39, 0.29) is 6.04 Å². The minimum atomic E-state index is -0.0639. The van der Waals surface area contributed by atoms with Crippen molar-refractivity contribution < 1.29 is 4.57 Å². The number of anilines is 1. The summed E-state index contributed by atoms with van der Waals surface area (Å²) in [6.45, 7) is 9.07. The molecule has 1 unspecified atom stereocenters. The van der Waals surface area contributed by atoms with Crippen LogP contribution in [0.5, 0.6) is 0 Å². The highest BCUT2D eigenvalue weighted by atomic mass is 15.0. The maximum absolute atomic E-state index is 4.58. The van der Waals surface area contributed by atoms with Crippen LogP contribution in [-0.2, 0) is 0 Å². The number of fused-ring (bicyclic) bond motifs is 1. The fourth-order valence-electron chi connectivity index (χ4n) is 5.33. The van der Waals surface area contributed by atoms with Crippen molar-refractivity contribution in [1.29, 1.82) is 0 Å². The van der Waals surface area contributed by atoms with Gasteiger partial charge in [0, 0.05) is 12.7 Å². The molecule has 1 heterocycles. The largest absolute Gasteiger partial charge is 0.379 e. The van der Waals surface area contributed by atoms with E-state index in [2.05, 4.69) is 154 Å². The highest BCUT2D eigenvalue weighted by Crippen LogP contribution is 2.37. The second-order valence-electron chi connectivity index (χ2n) is 10.4. The number of benzene rings is 4. The van der Waals surface area contributed by atoms with Crippen LogP contribution in [0, 0.1) is 7.05 Å². The first-order valence-corrected chi connectivity index (χ1v) is 13.2. The first-order chi connectivity index (χ1) is 18.0. The van der Waals surface area contributed by atoms with Gasteiger partial charge in [-0.2, -0.15) is 0 Å². The lowest BCUT2D eigenvalue weighted by molar-refractivity contribution is -0.610. The minimum absolute atomic E-state index is 0.0639. The predicted octanol–water partition coefficient (Wildman–Crippen LogP) is 8.88. The molecule has 37 heavy (non-hydrogen) atoms. The molecule has 1 aromatic heterocycles. The van der Waals surface area contributed by atoms with Crippen LogP contribution < -0.4 is 9.88 Å². The van der Waals surface area contributed by atoms with Crippen molar-refractivity contribution >= 4 is 16.5 Å². The molecule has 186 valence electrons. The molecule has 0 radical (unpaired) electrons. The van der Waals surface area contributed by atoms with Crippen molar-refractivity contribution in [3.63, 3.8) is 0 Å². The van der Waals surface area contributed by atoms with Crippen molar-refractivity contribution in [3.8, 4) is 11.3 Å². The SMILES string of the molecule is [CH2-][n+]1c(-c2cccc3ccccc23)cccc1C(Nc1c(C(C)C)cccc1C(C)C)c1ccccc1. The Hall–Kier alpha value is -4.04. The van der Waals surface area contributed by atoms with Gasteiger partial charge in [0.05, 0.1) is 6.04 Å². The zero-order valence-corrected chi connectivity index (χ0v) is 22.3. The Kier molecular flexibility index (Phi) is 7.01. The monoisotopic (exact) mass is 484 g/mol. The molecule has 0 aliphatic carbocycles. The maximum atomic E-state index is 4.58. The van der Waals surface area contributed by atoms with E-state index >= 15 is 0 Å². The van der Waals surface area contributed by atoms with Crippen molar-refractivity contribution in [2.24, 2.45) is 0 Å². The molecular formula is C35H36N2. The highest BCUT2D eigenvalue weighted by Gasteiger charge is 2.23. The normalized spacial score (nSPS) is 12.3. The third-order valence-corrected chi connectivity index (χ3v) is 7.28. The van der Waals surface area contributed by atoms with E-state index in [1.807, 2.05) is 0 Å². The van der Waals surface area contributed by atoms with Gasteiger partial charge in [-0.3, -0.25) is 0 Å². The van der Waals surface area contributed by atoms with Crippen LogP contribution in [0.4, 0.5) is 5.69 Å². The molecule has 0 spiro atoms. The quantitative estimate of drug-likeness (QED) is 0.180. The Balaban J connectivity index is 1.70. The summed E-state index contributed by atoms with van der Waals surface area (Å²) in [5.41, 5.74) is 8.52. The lowest BCUT2D eigenvalue weighted by Gasteiger charge is -2.28. The van der Waals surface area contributed by atoms with E-state index < -0.39 is 0 Å². The fraction of sp³-hybridized carbons (Fsp3) is 0.200. The highest BCUT2D eigenvalue weighted by molar-refractivity contribution is 5.95. The van der Waals surface area contributed by atoms with Crippen LogP contribution >= 0.6 is 0 Å². The molecule has 1 N–H and O–H groups in total. The molecule has 5 rings (SSSR count). The molecule has 2 heteroatoms. The van der Waals surface area contributed by atoms with Gasteiger partial charge in [-0.1, -0.05) is 131 Å². The summed E-state index contributed by atoms with van der Waals surface area (Å²) in [6, 6.07) is 38.9. The van der Waals surface area contributed by atoms with Gasteiger partial charge in [-0.25, -0.2) is 0 Å². The van der Waals surface area contributed by atoms with Crippen molar-refractivity contribution in [2.75, 3.05) is 5.32 Å². The smallest absolute Gasteiger partial charge is 0.112 e. The molecule has 0 bridgehead atoms. The van der Waals surface area contributed by atoms with Gasteiger partial charge in [0.1, 0.15) is 11.4 Å². The van der Waals surface area contributed by atoms with Crippen LogP contribution in [0.25, 0.3) is 22.0 Å². The summed E-state index contributed by atoms with van der Waals surface area (Å²) < 4.78 is 2.11. The fourth-order valence-corrected chi connectivity index (χ4v) is 5.33. The van der Waals surface area contributed by atoms with E-state index in [4.69, 9.17) is 0 Å². The topological polar surface area (TPSA) is 15.9 Å². The number of para-hydroxylation sites is 1. The molecular weight excluding hydrogens is 448 g/mol. The number of nitrogens with one attached hydrogen (secondary N) is 1. The maximum Gasteiger partial charge on any atom is 0.112 e. The summed E-state index contributed by atoms with van der Waals surface area (Å²) in [4.78, 5) is 0. The van der Waals surface area contributed by atoms with Crippen LogP contribution in [0.2, 0.25) is 0 Å². The zero-order chi connectivity index (χ0) is 25.9. The van der Waals surface area contributed by atoms with Crippen molar-refractivity contribution in [2.45, 2.75) is 45.6 Å². The summed E-state index contributed by atoms with van der Waals surface area (Å²) >= 11 is 0. The molecule has 0 saturated heterocycles.